The van der Waals surface area contributed by atoms with Crippen molar-refractivity contribution in [1.82, 2.24) is 4.98 Å². The van der Waals surface area contributed by atoms with E-state index in [1.807, 2.05) is 23.2 Å². The molecule has 0 saturated carbocycles. The molecule has 1 aromatic carbocycles. The normalized spacial score (nSPS) is 13.9. The van der Waals surface area contributed by atoms with E-state index in [4.69, 9.17) is 0 Å². The van der Waals surface area contributed by atoms with E-state index in [-0.39, 0.29) is 5.91 Å². The third kappa shape index (κ3) is 3.13. The summed E-state index contributed by atoms with van der Waals surface area (Å²) in [5.74, 6) is 0.212. The van der Waals surface area contributed by atoms with Gasteiger partial charge in [-0.05, 0) is 49.4 Å². The number of hydrogen-bond acceptors (Lipinski definition) is 2. The van der Waals surface area contributed by atoms with Crippen LogP contribution in [0.3, 0.4) is 0 Å². The van der Waals surface area contributed by atoms with Crippen LogP contribution in [0.5, 0.6) is 0 Å². The molecular formula is C18H20N2O. The number of hydrogen-bond donors (Lipinski definition) is 0. The van der Waals surface area contributed by atoms with Crippen molar-refractivity contribution in [3.05, 3.63) is 59.4 Å². The van der Waals surface area contributed by atoms with Crippen molar-refractivity contribution in [2.24, 2.45) is 0 Å². The maximum absolute atomic E-state index is 12.5. The van der Waals surface area contributed by atoms with E-state index in [1.54, 1.807) is 6.20 Å². The number of benzene rings is 1. The number of anilines is 1. The molecule has 0 saturated heterocycles. The fraction of sp³-hybridized carbons (Fsp3) is 0.333. The lowest BCUT2D eigenvalue weighted by Crippen LogP contribution is -2.35. The predicted molar refractivity (Wildman–Crippen MR) is 84.4 cm³/mol. The summed E-state index contributed by atoms with van der Waals surface area (Å²) < 4.78 is 0. The van der Waals surface area contributed by atoms with E-state index >= 15 is 0 Å². The SMILES string of the molecule is Cc1ccc2c(c1)CCCN2C(=O)CCc1cccnc1. The number of carbonyl (C=O) groups excluding carboxylic acids is 1. The Balaban J connectivity index is 1.71. The van der Waals surface area contributed by atoms with Crippen LogP contribution < -0.4 is 4.90 Å². The van der Waals surface area contributed by atoms with Crippen LogP contribution >= 0.6 is 0 Å². The fourth-order valence-corrected chi connectivity index (χ4v) is 2.92. The topological polar surface area (TPSA) is 33.2 Å². The van der Waals surface area contributed by atoms with Gasteiger partial charge >= 0.3 is 0 Å². The molecule has 1 amide bonds. The lowest BCUT2D eigenvalue weighted by molar-refractivity contribution is -0.118. The van der Waals surface area contributed by atoms with Crippen LogP contribution in [0.4, 0.5) is 5.69 Å². The van der Waals surface area contributed by atoms with Crippen molar-refractivity contribution in [1.29, 1.82) is 0 Å². The molecule has 0 bridgehead atoms. The third-order valence-electron chi connectivity index (χ3n) is 4.01. The van der Waals surface area contributed by atoms with Crippen molar-refractivity contribution in [3.8, 4) is 0 Å². The average molecular weight is 280 g/mol. The Morgan fingerprint density at radius 2 is 2.24 bits per heavy atom. The Morgan fingerprint density at radius 3 is 3.05 bits per heavy atom. The molecule has 0 spiro atoms. The van der Waals surface area contributed by atoms with Crippen LogP contribution in [0.15, 0.2) is 42.7 Å². The second-order valence-corrected chi connectivity index (χ2v) is 5.64. The van der Waals surface area contributed by atoms with Crippen molar-refractivity contribution in [2.75, 3.05) is 11.4 Å². The number of aromatic nitrogens is 1. The third-order valence-corrected chi connectivity index (χ3v) is 4.01. The first-order valence-corrected chi connectivity index (χ1v) is 7.53. The Hall–Kier alpha value is -2.16. The van der Waals surface area contributed by atoms with E-state index in [9.17, 15) is 4.79 Å². The van der Waals surface area contributed by atoms with Gasteiger partial charge in [-0.25, -0.2) is 0 Å². The Labute approximate surface area is 125 Å². The molecule has 0 N–H and O–H groups in total. The van der Waals surface area contributed by atoms with E-state index in [2.05, 4.69) is 30.1 Å². The molecule has 0 fully saturated rings. The van der Waals surface area contributed by atoms with E-state index in [1.165, 1.54) is 11.1 Å². The van der Waals surface area contributed by atoms with Gasteiger partial charge in [0.05, 0.1) is 0 Å². The van der Waals surface area contributed by atoms with Crippen LogP contribution in [0.2, 0.25) is 0 Å². The fourth-order valence-electron chi connectivity index (χ4n) is 2.92. The lowest BCUT2D eigenvalue weighted by Gasteiger charge is -2.30. The highest BCUT2D eigenvalue weighted by molar-refractivity contribution is 5.94. The molecule has 2 heterocycles. The molecule has 1 aliphatic heterocycles. The highest BCUT2D eigenvalue weighted by atomic mass is 16.2. The standard InChI is InChI=1S/C18H20N2O/c1-14-6-8-17-16(12-14)5-3-11-20(17)18(21)9-7-15-4-2-10-19-13-15/h2,4,6,8,10,12-13H,3,5,7,9,11H2,1H3. The van der Waals surface area contributed by atoms with Gasteiger partial charge in [0.25, 0.3) is 0 Å². The molecule has 0 radical (unpaired) electrons. The zero-order valence-electron chi connectivity index (χ0n) is 12.4. The first-order chi connectivity index (χ1) is 10.2. The summed E-state index contributed by atoms with van der Waals surface area (Å²) >= 11 is 0. The van der Waals surface area contributed by atoms with Crippen molar-refractivity contribution < 1.29 is 4.79 Å². The van der Waals surface area contributed by atoms with Gasteiger partial charge < -0.3 is 4.90 Å². The van der Waals surface area contributed by atoms with Crippen LogP contribution in [-0.4, -0.2) is 17.4 Å². The van der Waals surface area contributed by atoms with Crippen molar-refractivity contribution in [3.63, 3.8) is 0 Å². The number of fused-ring (bicyclic) bond motifs is 1. The summed E-state index contributed by atoms with van der Waals surface area (Å²) in [5, 5.41) is 0. The van der Waals surface area contributed by atoms with E-state index in [0.717, 1.165) is 37.1 Å². The minimum absolute atomic E-state index is 0.212. The van der Waals surface area contributed by atoms with Gasteiger partial charge in [-0.3, -0.25) is 9.78 Å². The monoisotopic (exact) mass is 280 g/mol. The summed E-state index contributed by atoms with van der Waals surface area (Å²) in [7, 11) is 0. The average Bonchev–Trinajstić information content (AvgIpc) is 2.52. The maximum atomic E-state index is 12.5. The molecule has 21 heavy (non-hydrogen) atoms. The largest absolute Gasteiger partial charge is 0.312 e. The molecule has 1 aliphatic rings. The van der Waals surface area contributed by atoms with Crippen LogP contribution in [0.25, 0.3) is 0 Å². The van der Waals surface area contributed by atoms with Gasteiger partial charge in [0.2, 0.25) is 5.91 Å². The predicted octanol–water partition coefficient (Wildman–Crippen LogP) is 3.30. The molecule has 3 rings (SSSR count). The van der Waals surface area contributed by atoms with E-state index in [0.29, 0.717) is 6.42 Å². The quantitative estimate of drug-likeness (QED) is 0.864. The number of amides is 1. The van der Waals surface area contributed by atoms with Crippen LogP contribution in [0.1, 0.15) is 29.5 Å². The number of rotatable bonds is 3. The van der Waals surface area contributed by atoms with Crippen LogP contribution in [0, 0.1) is 6.92 Å². The lowest BCUT2D eigenvalue weighted by atomic mass is 9.99. The van der Waals surface area contributed by atoms with Crippen LogP contribution in [-0.2, 0) is 17.6 Å². The number of nitrogens with zero attached hydrogens (tertiary/aromatic N) is 2. The summed E-state index contributed by atoms with van der Waals surface area (Å²) in [4.78, 5) is 18.6. The molecule has 0 aliphatic carbocycles. The molecular weight excluding hydrogens is 260 g/mol. The second kappa shape index (κ2) is 6.08. The van der Waals surface area contributed by atoms with Gasteiger partial charge in [-0.2, -0.15) is 0 Å². The first-order valence-electron chi connectivity index (χ1n) is 7.53. The molecule has 1 aromatic heterocycles. The minimum Gasteiger partial charge on any atom is -0.312 e. The van der Waals surface area contributed by atoms with Crippen molar-refractivity contribution in [2.45, 2.75) is 32.6 Å². The molecule has 0 unspecified atom stereocenters. The zero-order chi connectivity index (χ0) is 14.7. The zero-order valence-corrected chi connectivity index (χ0v) is 12.4. The van der Waals surface area contributed by atoms with Gasteiger partial charge in [0.1, 0.15) is 0 Å². The van der Waals surface area contributed by atoms with E-state index < -0.39 is 0 Å². The summed E-state index contributed by atoms with van der Waals surface area (Å²) in [6.07, 6.45) is 7.01. The Kier molecular flexibility index (Phi) is 4.00. The highest BCUT2D eigenvalue weighted by Gasteiger charge is 2.22. The van der Waals surface area contributed by atoms with Gasteiger partial charge in [0, 0.05) is 31.0 Å². The molecule has 0 atom stereocenters. The molecule has 108 valence electrons. The van der Waals surface area contributed by atoms with Crippen molar-refractivity contribution >= 4 is 11.6 Å². The summed E-state index contributed by atoms with van der Waals surface area (Å²) in [6.45, 7) is 2.94. The van der Waals surface area contributed by atoms with Gasteiger partial charge in [-0.15, -0.1) is 0 Å². The number of carbonyl (C=O) groups is 1. The molecule has 3 heteroatoms. The highest BCUT2D eigenvalue weighted by Crippen LogP contribution is 2.28. The summed E-state index contributed by atoms with van der Waals surface area (Å²) in [6, 6.07) is 10.3. The molecule has 3 nitrogen and oxygen atoms in total. The number of pyridine rings is 1. The Morgan fingerprint density at radius 1 is 1.33 bits per heavy atom. The van der Waals surface area contributed by atoms with Gasteiger partial charge in [0.15, 0.2) is 0 Å². The number of aryl methyl sites for hydroxylation is 3. The first kappa shape index (κ1) is 13.8. The second-order valence-electron chi connectivity index (χ2n) is 5.64. The minimum atomic E-state index is 0.212. The maximum Gasteiger partial charge on any atom is 0.227 e. The summed E-state index contributed by atoms with van der Waals surface area (Å²) in [5.41, 5.74) is 4.78. The van der Waals surface area contributed by atoms with Gasteiger partial charge in [-0.1, -0.05) is 23.8 Å². The Bertz CT molecular complexity index is 637. The smallest absolute Gasteiger partial charge is 0.227 e. The molecule has 2 aromatic rings.